The van der Waals surface area contributed by atoms with Gasteiger partial charge in [-0.25, -0.2) is 4.98 Å². The number of rotatable bonds is 3. The number of carbonyl (C=O) groups is 1. The molecule has 0 aliphatic carbocycles. The lowest BCUT2D eigenvalue weighted by Gasteiger charge is -2.36. The summed E-state index contributed by atoms with van der Waals surface area (Å²) in [5.41, 5.74) is 0. The molecule has 3 rings (SSSR count). The summed E-state index contributed by atoms with van der Waals surface area (Å²) in [6.07, 6.45) is 7.24. The SMILES string of the molecule is O=C1CCCN1C1CCN(Cc2ncco2)CC1. The van der Waals surface area contributed by atoms with Crippen molar-refractivity contribution in [2.75, 3.05) is 19.6 Å². The molecule has 0 aromatic carbocycles. The molecular formula is C13H19N3O2. The average Bonchev–Trinajstić information content (AvgIpc) is 3.02. The first-order valence-corrected chi connectivity index (χ1v) is 6.73. The van der Waals surface area contributed by atoms with E-state index >= 15 is 0 Å². The number of likely N-dealkylation sites (tertiary alicyclic amines) is 2. The minimum absolute atomic E-state index is 0.348. The lowest BCUT2D eigenvalue weighted by atomic mass is 10.0. The molecule has 1 aromatic heterocycles. The molecule has 0 saturated carbocycles. The Balaban J connectivity index is 1.50. The van der Waals surface area contributed by atoms with Gasteiger partial charge in [0, 0.05) is 32.1 Å². The molecular weight excluding hydrogens is 230 g/mol. The molecule has 0 spiro atoms. The van der Waals surface area contributed by atoms with Gasteiger partial charge in [-0.05, 0) is 19.3 Å². The molecule has 3 heterocycles. The molecule has 2 saturated heterocycles. The van der Waals surface area contributed by atoms with Crippen molar-refractivity contribution >= 4 is 5.91 Å². The summed E-state index contributed by atoms with van der Waals surface area (Å²) in [6, 6.07) is 0.459. The van der Waals surface area contributed by atoms with E-state index in [2.05, 4.69) is 14.8 Å². The normalized spacial score (nSPS) is 22.9. The predicted octanol–water partition coefficient (Wildman–Crippen LogP) is 1.26. The van der Waals surface area contributed by atoms with Gasteiger partial charge in [0.25, 0.3) is 0 Å². The van der Waals surface area contributed by atoms with E-state index in [1.54, 1.807) is 12.5 Å². The molecule has 1 amide bonds. The number of amides is 1. The molecule has 2 fully saturated rings. The fourth-order valence-corrected chi connectivity index (χ4v) is 2.97. The van der Waals surface area contributed by atoms with Crippen molar-refractivity contribution in [3.63, 3.8) is 0 Å². The number of aromatic nitrogens is 1. The van der Waals surface area contributed by atoms with Gasteiger partial charge in [0.2, 0.25) is 11.8 Å². The summed E-state index contributed by atoms with van der Waals surface area (Å²) in [7, 11) is 0. The minimum atomic E-state index is 0.348. The van der Waals surface area contributed by atoms with Gasteiger partial charge in [-0.1, -0.05) is 0 Å². The van der Waals surface area contributed by atoms with Gasteiger partial charge >= 0.3 is 0 Å². The van der Waals surface area contributed by atoms with Crippen molar-refractivity contribution < 1.29 is 9.21 Å². The van der Waals surface area contributed by atoms with Gasteiger partial charge in [0.1, 0.15) is 6.26 Å². The Morgan fingerprint density at radius 1 is 1.33 bits per heavy atom. The Bertz CT molecular complexity index is 396. The van der Waals surface area contributed by atoms with E-state index in [0.717, 1.165) is 57.8 Å². The molecule has 1 aromatic rings. The van der Waals surface area contributed by atoms with Crippen LogP contribution in [0, 0.1) is 0 Å². The maximum Gasteiger partial charge on any atom is 0.222 e. The number of carbonyl (C=O) groups excluding carboxylic acids is 1. The zero-order valence-corrected chi connectivity index (χ0v) is 10.5. The second-order valence-electron chi connectivity index (χ2n) is 5.12. The fraction of sp³-hybridized carbons (Fsp3) is 0.692. The number of hydrogen-bond donors (Lipinski definition) is 0. The van der Waals surface area contributed by atoms with Crippen LogP contribution < -0.4 is 0 Å². The van der Waals surface area contributed by atoms with Gasteiger partial charge in [-0.2, -0.15) is 0 Å². The van der Waals surface area contributed by atoms with Gasteiger partial charge in [-0.15, -0.1) is 0 Å². The fourth-order valence-electron chi connectivity index (χ4n) is 2.97. The molecule has 0 bridgehead atoms. The van der Waals surface area contributed by atoms with Crippen molar-refractivity contribution in [3.8, 4) is 0 Å². The van der Waals surface area contributed by atoms with Crippen LogP contribution in [0.15, 0.2) is 16.9 Å². The van der Waals surface area contributed by atoms with Crippen LogP contribution in [0.4, 0.5) is 0 Å². The summed E-state index contributed by atoms with van der Waals surface area (Å²) >= 11 is 0. The van der Waals surface area contributed by atoms with Crippen LogP contribution in [0.5, 0.6) is 0 Å². The molecule has 0 N–H and O–H groups in total. The second kappa shape index (κ2) is 5.10. The summed E-state index contributed by atoms with van der Waals surface area (Å²) in [6.45, 7) is 3.80. The maximum absolute atomic E-state index is 11.7. The van der Waals surface area contributed by atoms with Crippen molar-refractivity contribution in [1.29, 1.82) is 0 Å². The topological polar surface area (TPSA) is 49.6 Å². The van der Waals surface area contributed by atoms with E-state index in [4.69, 9.17) is 4.42 Å². The maximum atomic E-state index is 11.7. The minimum Gasteiger partial charge on any atom is -0.448 e. The Kier molecular flexibility index (Phi) is 3.32. The highest BCUT2D eigenvalue weighted by molar-refractivity contribution is 5.78. The molecule has 0 unspecified atom stereocenters. The van der Waals surface area contributed by atoms with Crippen LogP contribution in [0.25, 0.3) is 0 Å². The first kappa shape index (κ1) is 11.7. The summed E-state index contributed by atoms with van der Waals surface area (Å²) < 4.78 is 5.26. The van der Waals surface area contributed by atoms with Crippen molar-refractivity contribution in [1.82, 2.24) is 14.8 Å². The summed E-state index contributed by atoms with van der Waals surface area (Å²) in [4.78, 5) is 20.3. The Morgan fingerprint density at radius 3 is 2.78 bits per heavy atom. The zero-order valence-electron chi connectivity index (χ0n) is 10.5. The standard InChI is InChI=1S/C13H19N3O2/c17-13-2-1-6-16(13)11-3-7-15(8-4-11)10-12-14-5-9-18-12/h5,9,11H,1-4,6-8,10H2. The molecule has 2 aliphatic rings. The highest BCUT2D eigenvalue weighted by atomic mass is 16.3. The average molecular weight is 249 g/mol. The van der Waals surface area contributed by atoms with Crippen LogP contribution in [0.1, 0.15) is 31.6 Å². The van der Waals surface area contributed by atoms with Crippen LogP contribution >= 0.6 is 0 Å². The molecule has 5 nitrogen and oxygen atoms in total. The van der Waals surface area contributed by atoms with Gasteiger partial charge < -0.3 is 9.32 Å². The number of nitrogens with zero attached hydrogens (tertiary/aromatic N) is 3. The van der Waals surface area contributed by atoms with Crippen molar-refractivity contribution in [2.24, 2.45) is 0 Å². The number of hydrogen-bond acceptors (Lipinski definition) is 4. The highest BCUT2D eigenvalue weighted by Crippen LogP contribution is 2.22. The second-order valence-corrected chi connectivity index (χ2v) is 5.12. The predicted molar refractivity (Wildman–Crippen MR) is 65.7 cm³/mol. The third kappa shape index (κ3) is 2.41. The summed E-state index contributed by atoms with van der Waals surface area (Å²) in [5.74, 6) is 1.13. The Morgan fingerprint density at radius 2 is 2.17 bits per heavy atom. The lowest BCUT2D eigenvalue weighted by molar-refractivity contribution is -0.130. The molecule has 98 valence electrons. The lowest BCUT2D eigenvalue weighted by Crippen LogP contribution is -2.45. The van der Waals surface area contributed by atoms with Crippen molar-refractivity contribution in [3.05, 3.63) is 18.4 Å². The molecule has 18 heavy (non-hydrogen) atoms. The van der Waals surface area contributed by atoms with E-state index in [0.29, 0.717) is 11.9 Å². The zero-order chi connectivity index (χ0) is 12.4. The molecule has 0 atom stereocenters. The first-order chi connectivity index (χ1) is 8.83. The van der Waals surface area contributed by atoms with Gasteiger partial charge in [-0.3, -0.25) is 9.69 Å². The smallest absolute Gasteiger partial charge is 0.222 e. The Hall–Kier alpha value is -1.36. The molecule has 0 radical (unpaired) electrons. The Labute approximate surface area is 107 Å². The summed E-state index contributed by atoms with van der Waals surface area (Å²) in [5, 5.41) is 0. The number of oxazole rings is 1. The van der Waals surface area contributed by atoms with Gasteiger partial charge in [0.15, 0.2) is 0 Å². The first-order valence-electron chi connectivity index (χ1n) is 6.73. The third-order valence-corrected chi connectivity index (χ3v) is 3.95. The van der Waals surface area contributed by atoms with E-state index in [-0.39, 0.29) is 0 Å². The quantitative estimate of drug-likeness (QED) is 0.809. The third-order valence-electron chi connectivity index (χ3n) is 3.95. The van der Waals surface area contributed by atoms with Crippen molar-refractivity contribution in [2.45, 2.75) is 38.3 Å². The van der Waals surface area contributed by atoms with E-state index in [1.165, 1.54) is 0 Å². The molecule has 2 aliphatic heterocycles. The van der Waals surface area contributed by atoms with Crippen LogP contribution in [0.2, 0.25) is 0 Å². The van der Waals surface area contributed by atoms with E-state index in [9.17, 15) is 4.79 Å². The van der Waals surface area contributed by atoms with Gasteiger partial charge in [0.05, 0.1) is 12.7 Å². The highest BCUT2D eigenvalue weighted by Gasteiger charge is 2.30. The van der Waals surface area contributed by atoms with Crippen LogP contribution in [0.3, 0.4) is 0 Å². The largest absolute Gasteiger partial charge is 0.448 e. The number of piperidine rings is 1. The van der Waals surface area contributed by atoms with E-state index < -0.39 is 0 Å². The van der Waals surface area contributed by atoms with E-state index in [1.807, 2.05) is 0 Å². The monoisotopic (exact) mass is 249 g/mol. The molecule has 5 heteroatoms. The van der Waals surface area contributed by atoms with Crippen LogP contribution in [-0.2, 0) is 11.3 Å². The van der Waals surface area contributed by atoms with Crippen LogP contribution in [-0.4, -0.2) is 46.4 Å².